The summed E-state index contributed by atoms with van der Waals surface area (Å²) < 4.78 is 0. The van der Waals surface area contributed by atoms with Crippen LogP contribution in [0, 0.1) is 13.8 Å². The maximum atomic E-state index is 9.65. The lowest BCUT2D eigenvalue weighted by molar-refractivity contribution is 0.466. The Balaban J connectivity index is 2.45. The molecule has 0 aliphatic carbocycles. The van der Waals surface area contributed by atoms with Crippen LogP contribution >= 0.6 is 11.8 Å². The van der Waals surface area contributed by atoms with E-state index in [1.807, 2.05) is 31.7 Å². The minimum Gasteiger partial charge on any atom is -0.507 e. The molecule has 0 spiro atoms. The standard InChI is InChI=1S/C14H20OS/c1-4-5-6-7-8-16-13-9-11(2)14(15)12(3)10-13/h4,9-10,15H,1,5-8H2,2-3H3. The fourth-order valence-corrected chi connectivity index (χ4v) is 2.68. The van der Waals surface area contributed by atoms with Crippen molar-refractivity contribution in [3.63, 3.8) is 0 Å². The number of aromatic hydroxyl groups is 1. The number of rotatable bonds is 6. The second kappa shape index (κ2) is 6.64. The number of hydrogen-bond acceptors (Lipinski definition) is 2. The van der Waals surface area contributed by atoms with Crippen molar-refractivity contribution in [2.24, 2.45) is 0 Å². The Bertz CT molecular complexity index is 335. The Morgan fingerprint density at radius 1 is 1.25 bits per heavy atom. The van der Waals surface area contributed by atoms with Gasteiger partial charge in [0.2, 0.25) is 0 Å². The van der Waals surface area contributed by atoms with Gasteiger partial charge in [-0.15, -0.1) is 18.3 Å². The van der Waals surface area contributed by atoms with E-state index in [1.54, 1.807) is 0 Å². The first-order valence-corrected chi connectivity index (χ1v) is 6.67. The van der Waals surface area contributed by atoms with Gasteiger partial charge in [-0.25, -0.2) is 0 Å². The molecule has 0 atom stereocenters. The summed E-state index contributed by atoms with van der Waals surface area (Å²) >= 11 is 1.86. The van der Waals surface area contributed by atoms with Gasteiger partial charge >= 0.3 is 0 Å². The Labute approximate surface area is 103 Å². The number of benzene rings is 1. The third kappa shape index (κ3) is 3.93. The van der Waals surface area contributed by atoms with Crippen molar-refractivity contribution < 1.29 is 5.11 Å². The van der Waals surface area contributed by atoms with Gasteiger partial charge in [0.15, 0.2) is 0 Å². The first kappa shape index (κ1) is 13.2. The molecule has 1 aromatic carbocycles. The van der Waals surface area contributed by atoms with Gasteiger partial charge in [-0.05, 0) is 62.1 Å². The zero-order chi connectivity index (χ0) is 12.0. The second-order valence-corrected chi connectivity index (χ2v) is 5.21. The zero-order valence-electron chi connectivity index (χ0n) is 10.1. The summed E-state index contributed by atoms with van der Waals surface area (Å²) in [6.45, 7) is 7.61. The maximum absolute atomic E-state index is 9.65. The summed E-state index contributed by atoms with van der Waals surface area (Å²) in [6, 6.07) is 4.11. The van der Waals surface area contributed by atoms with Gasteiger partial charge in [-0.2, -0.15) is 0 Å². The Morgan fingerprint density at radius 2 is 1.88 bits per heavy atom. The van der Waals surface area contributed by atoms with E-state index in [0.717, 1.165) is 23.3 Å². The van der Waals surface area contributed by atoms with Crippen LogP contribution in [0.1, 0.15) is 30.4 Å². The summed E-state index contributed by atoms with van der Waals surface area (Å²) in [5.74, 6) is 1.56. The van der Waals surface area contributed by atoms with Crippen LogP contribution in [0.5, 0.6) is 5.75 Å². The Kier molecular flexibility index (Phi) is 5.47. The van der Waals surface area contributed by atoms with E-state index in [9.17, 15) is 5.11 Å². The lowest BCUT2D eigenvalue weighted by Crippen LogP contribution is -1.85. The van der Waals surface area contributed by atoms with Gasteiger partial charge in [0, 0.05) is 4.90 Å². The molecule has 1 rings (SSSR count). The Hall–Kier alpha value is -0.890. The van der Waals surface area contributed by atoms with Gasteiger partial charge in [-0.3, -0.25) is 0 Å². The van der Waals surface area contributed by atoms with Crippen LogP contribution in [0.25, 0.3) is 0 Å². The van der Waals surface area contributed by atoms with E-state index in [4.69, 9.17) is 0 Å². The molecule has 0 unspecified atom stereocenters. The molecule has 1 nitrogen and oxygen atoms in total. The highest BCUT2D eigenvalue weighted by Gasteiger charge is 2.03. The van der Waals surface area contributed by atoms with E-state index in [-0.39, 0.29) is 0 Å². The highest BCUT2D eigenvalue weighted by atomic mass is 32.2. The van der Waals surface area contributed by atoms with E-state index in [2.05, 4.69) is 18.7 Å². The minimum atomic E-state index is 0.427. The summed E-state index contributed by atoms with van der Waals surface area (Å²) in [4.78, 5) is 1.26. The number of allylic oxidation sites excluding steroid dienone is 1. The monoisotopic (exact) mass is 236 g/mol. The highest BCUT2D eigenvalue weighted by molar-refractivity contribution is 7.99. The first-order chi connectivity index (χ1) is 7.65. The molecule has 88 valence electrons. The molecule has 16 heavy (non-hydrogen) atoms. The van der Waals surface area contributed by atoms with Crippen LogP contribution in [0.3, 0.4) is 0 Å². The molecule has 2 heteroatoms. The van der Waals surface area contributed by atoms with Crippen LogP contribution in [0.15, 0.2) is 29.7 Å². The van der Waals surface area contributed by atoms with E-state index in [1.165, 1.54) is 17.7 Å². The number of unbranched alkanes of at least 4 members (excludes halogenated alkanes) is 2. The third-order valence-electron chi connectivity index (χ3n) is 2.54. The summed E-state index contributed by atoms with van der Waals surface area (Å²) in [5, 5.41) is 9.65. The third-order valence-corrected chi connectivity index (χ3v) is 3.60. The van der Waals surface area contributed by atoms with Gasteiger partial charge in [0.1, 0.15) is 5.75 Å². The summed E-state index contributed by atoms with van der Waals surface area (Å²) in [7, 11) is 0. The van der Waals surface area contributed by atoms with Crippen molar-refractivity contribution >= 4 is 11.8 Å². The van der Waals surface area contributed by atoms with Crippen molar-refractivity contribution in [3.05, 3.63) is 35.9 Å². The predicted octanol–water partition coefficient (Wildman–Crippen LogP) is 4.46. The van der Waals surface area contributed by atoms with Crippen LogP contribution in [0.4, 0.5) is 0 Å². The SMILES string of the molecule is C=CCCCCSc1cc(C)c(O)c(C)c1. The van der Waals surface area contributed by atoms with Gasteiger partial charge in [0.05, 0.1) is 0 Å². The molecule has 0 amide bonds. The molecule has 0 fully saturated rings. The quantitative estimate of drug-likeness (QED) is 0.447. The van der Waals surface area contributed by atoms with Crippen LogP contribution in [-0.4, -0.2) is 10.9 Å². The van der Waals surface area contributed by atoms with E-state index in [0.29, 0.717) is 5.75 Å². The molecule has 1 N–H and O–H groups in total. The summed E-state index contributed by atoms with van der Waals surface area (Å²) in [6.07, 6.45) is 5.51. The highest BCUT2D eigenvalue weighted by Crippen LogP contribution is 2.29. The van der Waals surface area contributed by atoms with Crippen molar-refractivity contribution in [1.82, 2.24) is 0 Å². The molecule has 0 saturated heterocycles. The minimum absolute atomic E-state index is 0.427. The fourth-order valence-electron chi connectivity index (χ4n) is 1.58. The number of phenolic OH excluding ortho intramolecular Hbond substituents is 1. The largest absolute Gasteiger partial charge is 0.507 e. The van der Waals surface area contributed by atoms with Gasteiger partial charge in [0.25, 0.3) is 0 Å². The maximum Gasteiger partial charge on any atom is 0.121 e. The topological polar surface area (TPSA) is 20.2 Å². The number of hydrogen-bond donors (Lipinski definition) is 1. The molecular formula is C14H20OS. The molecule has 0 aromatic heterocycles. The molecule has 0 bridgehead atoms. The number of aryl methyl sites for hydroxylation is 2. The fraction of sp³-hybridized carbons (Fsp3) is 0.429. The lowest BCUT2D eigenvalue weighted by atomic mass is 10.1. The lowest BCUT2D eigenvalue weighted by Gasteiger charge is -2.07. The molecule has 0 heterocycles. The molecule has 0 saturated carbocycles. The van der Waals surface area contributed by atoms with Crippen LogP contribution < -0.4 is 0 Å². The Morgan fingerprint density at radius 3 is 2.44 bits per heavy atom. The van der Waals surface area contributed by atoms with Gasteiger partial charge < -0.3 is 5.11 Å². The van der Waals surface area contributed by atoms with Crippen molar-refractivity contribution in [3.8, 4) is 5.75 Å². The first-order valence-electron chi connectivity index (χ1n) is 5.69. The smallest absolute Gasteiger partial charge is 0.121 e. The second-order valence-electron chi connectivity index (χ2n) is 4.04. The molecule has 0 aliphatic rings. The normalized spacial score (nSPS) is 10.4. The summed E-state index contributed by atoms with van der Waals surface area (Å²) in [5.41, 5.74) is 1.93. The molecular weight excluding hydrogens is 216 g/mol. The van der Waals surface area contributed by atoms with Crippen LogP contribution in [0.2, 0.25) is 0 Å². The average Bonchev–Trinajstić information content (AvgIpc) is 2.25. The zero-order valence-corrected chi connectivity index (χ0v) is 10.9. The van der Waals surface area contributed by atoms with Crippen molar-refractivity contribution in [2.75, 3.05) is 5.75 Å². The van der Waals surface area contributed by atoms with Crippen molar-refractivity contribution in [2.45, 2.75) is 38.0 Å². The molecule has 0 radical (unpaired) electrons. The van der Waals surface area contributed by atoms with E-state index >= 15 is 0 Å². The molecule has 0 aliphatic heterocycles. The van der Waals surface area contributed by atoms with Crippen LogP contribution in [-0.2, 0) is 0 Å². The average molecular weight is 236 g/mol. The van der Waals surface area contributed by atoms with E-state index < -0.39 is 0 Å². The predicted molar refractivity (Wildman–Crippen MR) is 72.4 cm³/mol. The number of phenols is 1. The van der Waals surface area contributed by atoms with Gasteiger partial charge in [-0.1, -0.05) is 6.08 Å². The van der Waals surface area contributed by atoms with Crippen molar-refractivity contribution in [1.29, 1.82) is 0 Å². The number of thioether (sulfide) groups is 1. The molecule has 1 aromatic rings.